The van der Waals surface area contributed by atoms with E-state index in [4.69, 9.17) is 9.47 Å². The summed E-state index contributed by atoms with van der Waals surface area (Å²) >= 11 is 1.74. The zero-order valence-electron chi connectivity index (χ0n) is 18.0. The van der Waals surface area contributed by atoms with Gasteiger partial charge in [0.05, 0.1) is 13.7 Å². The number of nitrogens with zero attached hydrogens (tertiary/aromatic N) is 3. The van der Waals surface area contributed by atoms with Crippen LogP contribution in [0.1, 0.15) is 4.88 Å². The summed E-state index contributed by atoms with van der Waals surface area (Å²) in [5, 5.41) is 5.43. The van der Waals surface area contributed by atoms with Crippen LogP contribution >= 0.6 is 35.3 Å². The van der Waals surface area contributed by atoms with Gasteiger partial charge >= 0.3 is 0 Å². The summed E-state index contributed by atoms with van der Waals surface area (Å²) in [6, 6.07) is 11.7. The van der Waals surface area contributed by atoms with Crippen LogP contribution in [0.15, 0.2) is 46.8 Å². The van der Waals surface area contributed by atoms with Crippen molar-refractivity contribution in [3.63, 3.8) is 0 Å². The molecular formula is C21H31IN4O3S. The molecule has 30 heavy (non-hydrogen) atoms. The molecule has 0 spiro atoms. The average molecular weight is 546 g/mol. The molecule has 0 bridgehead atoms. The summed E-state index contributed by atoms with van der Waals surface area (Å²) in [7, 11) is 7.04. The lowest BCUT2D eigenvalue weighted by atomic mass is 10.3. The van der Waals surface area contributed by atoms with Crippen molar-refractivity contribution in [2.24, 2.45) is 4.99 Å². The van der Waals surface area contributed by atoms with Crippen molar-refractivity contribution < 1.29 is 14.3 Å². The third-order valence-corrected chi connectivity index (χ3v) is 5.15. The maximum Gasteiger partial charge on any atom is 0.243 e. The summed E-state index contributed by atoms with van der Waals surface area (Å²) in [6.07, 6.45) is 0.911. The van der Waals surface area contributed by atoms with E-state index in [1.165, 1.54) is 4.88 Å². The Hall–Kier alpha value is -2.01. The van der Waals surface area contributed by atoms with Crippen LogP contribution in [-0.4, -0.2) is 76.2 Å². The number of guanidine groups is 1. The highest BCUT2D eigenvalue weighted by atomic mass is 127. The van der Waals surface area contributed by atoms with Crippen molar-refractivity contribution >= 4 is 47.2 Å². The molecule has 1 amide bonds. The number of hydrogen-bond donors (Lipinski definition) is 1. The van der Waals surface area contributed by atoms with Crippen molar-refractivity contribution in [2.45, 2.75) is 6.42 Å². The first-order valence-electron chi connectivity index (χ1n) is 9.48. The van der Waals surface area contributed by atoms with E-state index in [1.54, 1.807) is 37.4 Å². The topological polar surface area (TPSA) is 66.4 Å². The highest BCUT2D eigenvalue weighted by molar-refractivity contribution is 14.0. The first-order chi connectivity index (χ1) is 14.0. The second-order valence-corrected chi connectivity index (χ2v) is 7.66. The van der Waals surface area contributed by atoms with Gasteiger partial charge in [0.25, 0.3) is 0 Å². The van der Waals surface area contributed by atoms with Crippen LogP contribution in [0.2, 0.25) is 0 Å². The molecule has 0 unspecified atom stereocenters. The first-order valence-corrected chi connectivity index (χ1v) is 10.4. The summed E-state index contributed by atoms with van der Waals surface area (Å²) < 4.78 is 11.0. The van der Waals surface area contributed by atoms with Crippen LogP contribution in [0.4, 0.5) is 0 Å². The van der Waals surface area contributed by atoms with Gasteiger partial charge in [0.1, 0.15) is 24.7 Å². The molecule has 166 valence electrons. The maximum absolute atomic E-state index is 11.9. The van der Waals surface area contributed by atoms with Gasteiger partial charge in [0.15, 0.2) is 5.96 Å². The predicted molar refractivity (Wildman–Crippen MR) is 134 cm³/mol. The number of benzene rings is 1. The average Bonchev–Trinajstić information content (AvgIpc) is 3.24. The number of thiophene rings is 1. The lowest BCUT2D eigenvalue weighted by molar-refractivity contribution is -0.127. The molecule has 1 N–H and O–H groups in total. The van der Waals surface area contributed by atoms with Crippen LogP contribution < -0.4 is 14.8 Å². The number of carbonyl (C=O) groups is 1. The number of nitrogens with one attached hydrogen (secondary N) is 1. The Bertz CT molecular complexity index is 767. The zero-order valence-corrected chi connectivity index (χ0v) is 21.1. The van der Waals surface area contributed by atoms with Gasteiger partial charge in [0.2, 0.25) is 5.91 Å². The van der Waals surface area contributed by atoms with Crippen molar-refractivity contribution in [1.82, 2.24) is 15.1 Å². The van der Waals surface area contributed by atoms with Gasteiger partial charge in [-0.15, -0.1) is 35.3 Å². The lowest BCUT2D eigenvalue weighted by Gasteiger charge is -2.23. The number of hydrogen-bond acceptors (Lipinski definition) is 5. The van der Waals surface area contributed by atoms with Crippen LogP contribution in [0.3, 0.4) is 0 Å². The minimum atomic E-state index is -0.0366. The standard InChI is InChI=1S/C21H30N4O3S.HI/c1-24(2)20(26)16-23-21(22-12-11-19-6-5-15-29-19)25(3)13-14-28-18-9-7-17(27-4)8-10-18;/h5-10,15H,11-14,16H2,1-4H3,(H,22,23);1H. The van der Waals surface area contributed by atoms with Gasteiger partial charge in [-0.2, -0.15) is 0 Å². The minimum Gasteiger partial charge on any atom is -0.497 e. The Kier molecular flexibility index (Phi) is 12.2. The summed E-state index contributed by atoms with van der Waals surface area (Å²) in [5.41, 5.74) is 0. The molecule has 7 nitrogen and oxygen atoms in total. The second-order valence-electron chi connectivity index (χ2n) is 6.63. The van der Waals surface area contributed by atoms with E-state index in [0.29, 0.717) is 19.1 Å². The number of likely N-dealkylation sites (N-methyl/N-ethyl adjacent to an activating group) is 2. The number of carbonyl (C=O) groups excluding carboxylic acids is 1. The molecule has 9 heteroatoms. The van der Waals surface area contributed by atoms with E-state index < -0.39 is 0 Å². The molecule has 1 aromatic carbocycles. The second kappa shape index (κ2) is 14.1. The number of aliphatic imine (C=N–C) groups is 1. The number of amides is 1. The van der Waals surface area contributed by atoms with Crippen LogP contribution in [0, 0.1) is 0 Å². The van der Waals surface area contributed by atoms with Crippen molar-refractivity contribution in [3.05, 3.63) is 46.7 Å². The van der Waals surface area contributed by atoms with Gasteiger partial charge in [-0.05, 0) is 42.1 Å². The fourth-order valence-electron chi connectivity index (χ4n) is 2.43. The Morgan fingerprint density at radius 2 is 1.83 bits per heavy atom. The van der Waals surface area contributed by atoms with Gasteiger partial charge in [-0.25, -0.2) is 4.99 Å². The molecular weight excluding hydrogens is 515 g/mol. The monoisotopic (exact) mass is 546 g/mol. The van der Waals surface area contributed by atoms with E-state index in [0.717, 1.165) is 24.5 Å². The van der Waals surface area contributed by atoms with E-state index in [2.05, 4.69) is 21.8 Å². The molecule has 2 aromatic rings. The van der Waals surface area contributed by atoms with Crippen molar-refractivity contribution in [3.8, 4) is 11.5 Å². The molecule has 0 aliphatic rings. The largest absolute Gasteiger partial charge is 0.497 e. The Morgan fingerprint density at radius 1 is 1.13 bits per heavy atom. The molecule has 0 aliphatic carbocycles. The molecule has 0 radical (unpaired) electrons. The highest BCUT2D eigenvalue weighted by Crippen LogP contribution is 2.16. The van der Waals surface area contributed by atoms with Gasteiger partial charge in [-0.3, -0.25) is 4.79 Å². The molecule has 0 saturated heterocycles. The molecule has 0 fully saturated rings. The van der Waals surface area contributed by atoms with Crippen LogP contribution in [-0.2, 0) is 11.2 Å². The summed E-state index contributed by atoms with van der Waals surface area (Å²) in [4.78, 5) is 21.2. The zero-order chi connectivity index (χ0) is 21.1. The molecule has 1 heterocycles. The quantitative estimate of drug-likeness (QED) is 0.282. The maximum atomic E-state index is 11.9. The normalized spacial score (nSPS) is 10.7. The fraction of sp³-hybridized carbons (Fsp3) is 0.429. The van der Waals surface area contributed by atoms with Gasteiger partial charge in [-0.1, -0.05) is 6.07 Å². The molecule has 2 rings (SSSR count). The Morgan fingerprint density at radius 3 is 2.43 bits per heavy atom. The number of halogens is 1. The number of rotatable bonds is 10. The van der Waals surface area contributed by atoms with Crippen molar-refractivity contribution in [2.75, 3.05) is 54.5 Å². The van der Waals surface area contributed by atoms with Crippen molar-refractivity contribution in [1.29, 1.82) is 0 Å². The Labute approximate surface area is 200 Å². The molecule has 0 saturated carbocycles. The van der Waals surface area contributed by atoms with E-state index in [-0.39, 0.29) is 36.4 Å². The third-order valence-electron chi connectivity index (χ3n) is 4.21. The van der Waals surface area contributed by atoms with Crippen LogP contribution in [0.25, 0.3) is 0 Å². The molecule has 1 aromatic heterocycles. The first kappa shape index (κ1) is 26.0. The summed E-state index contributed by atoms with van der Waals surface area (Å²) in [6.45, 7) is 1.99. The van der Waals surface area contributed by atoms with Crippen LogP contribution in [0.5, 0.6) is 11.5 Å². The third kappa shape index (κ3) is 9.21. The smallest absolute Gasteiger partial charge is 0.243 e. The molecule has 0 aliphatic heterocycles. The van der Waals surface area contributed by atoms with E-state index >= 15 is 0 Å². The Balaban J connectivity index is 0.00000450. The van der Waals surface area contributed by atoms with Gasteiger partial charge in [0, 0.05) is 32.6 Å². The SMILES string of the molecule is COc1ccc(OCCN(C)C(=NCC(=O)N(C)C)NCCc2cccs2)cc1.I. The number of ether oxygens (including phenoxy) is 2. The number of methoxy groups -OCH3 is 1. The van der Waals surface area contributed by atoms with Gasteiger partial charge < -0.3 is 24.6 Å². The highest BCUT2D eigenvalue weighted by Gasteiger charge is 2.09. The lowest BCUT2D eigenvalue weighted by Crippen LogP contribution is -2.42. The molecule has 0 atom stereocenters. The minimum absolute atomic E-state index is 0. The predicted octanol–water partition coefficient (Wildman–Crippen LogP) is 2.96. The van der Waals surface area contributed by atoms with E-state index in [1.807, 2.05) is 42.3 Å². The van der Waals surface area contributed by atoms with E-state index in [9.17, 15) is 4.79 Å². The fourth-order valence-corrected chi connectivity index (χ4v) is 3.14. The summed E-state index contributed by atoms with van der Waals surface area (Å²) in [5.74, 6) is 2.23.